The maximum atomic E-state index is 11.1. The molecule has 2 rings (SSSR count). The van der Waals surface area contributed by atoms with Crippen LogP contribution in [-0.4, -0.2) is 9.97 Å². The highest BCUT2D eigenvalue weighted by Gasteiger charge is 2.07. The van der Waals surface area contributed by atoms with E-state index in [1.54, 1.807) is 0 Å². The molecule has 2 aromatic rings. The Morgan fingerprint density at radius 2 is 2.12 bits per heavy atom. The van der Waals surface area contributed by atoms with Gasteiger partial charge in [-0.1, -0.05) is 13.0 Å². The van der Waals surface area contributed by atoms with Crippen LogP contribution in [0.15, 0.2) is 23.0 Å². The molecular formula is C12H13N3O. The standard InChI is InChI=1S/C12H13N3O/c1-2-8(7-13)5-9-3-4-10-11(6-9)15-12(16)14-10/h3-4,6,8H,2,5H2,1H3,(H2,14,15,16). The second kappa shape index (κ2) is 4.23. The summed E-state index contributed by atoms with van der Waals surface area (Å²) >= 11 is 0. The van der Waals surface area contributed by atoms with Crippen LogP contribution in [0.25, 0.3) is 11.0 Å². The third-order valence-corrected chi connectivity index (χ3v) is 2.74. The summed E-state index contributed by atoms with van der Waals surface area (Å²) in [6.45, 7) is 2.00. The van der Waals surface area contributed by atoms with Gasteiger partial charge in [-0.05, 0) is 30.5 Å². The first-order valence-corrected chi connectivity index (χ1v) is 5.33. The number of hydrogen-bond acceptors (Lipinski definition) is 2. The predicted octanol–water partition coefficient (Wildman–Crippen LogP) is 1.95. The maximum absolute atomic E-state index is 11.1. The molecule has 16 heavy (non-hydrogen) atoms. The van der Waals surface area contributed by atoms with Gasteiger partial charge >= 0.3 is 5.69 Å². The third-order valence-electron chi connectivity index (χ3n) is 2.74. The van der Waals surface area contributed by atoms with Crippen LogP contribution in [0.5, 0.6) is 0 Å². The van der Waals surface area contributed by atoms with E-state index >= 15 is 0 Å². The zero-order valence-corrected chi connectivity index (χ0v) is 9.08. The Kier molecular flexibility index (Phi) is 2.78. The fraction of sp³-hybridized carbons (Fsp3) is 0.333. The summed E-state index contributed by atoms with van der Waals surface area (Å²) in [4.78, 5) is 16.5. The number of imidazole rings is 1. The quantitative estimate of drug-likeness (QED) is 0.821. The van der Waals surface area contributed by atoms with Crippen molar-refractivity contribution in [3.05, 3.63) is 34.2 Å². The van der Waals surface area contributed by atoms with Crippen LogP contribution in [-0.2, 0) is 6.42 Å². The smallest absolute Gasteiger partial charge is 0.306 e. The number of benzene rings is 1. The van der Waals surface area contributed by atoms with E-state index in [9.17, 15) is 4.79 Å². The van der Waals surface area contributed by atoms with Crippen molar-refractivity contribution in [2.45, 2.75) is 19.8 Å². The van der Waals surface area contributed by atoms with E-state index < -0.39 is 0 Å². The fourth-order valence-electron chi connectivity index (χ4n) is 1.77. The van der Waals surface area contributed by atoms with E-state index in [0.717, 1.165) is 29.4 Å². The van der Waals surface area contributed by atoms with Gasteiger partial charge in [0.05, 0.1) is 23.0 Å². The molecular weight excluding hydrogens is 202 g/mol. The summed E-state index contributed by atoms with van der Waals surface area (Å²) in [5.74, 6) is 0.0445. The highest BCUT2D eigenvalue weighted by atomic mass is 16.1. The molecule has 0 aliphatic carbocycles. The molecule has 82 valence electrons. The average Bonchev–Trinajstić information content (AvgIpc) is 2.65. The molecule has 0 amide bonds. The van der Waals surface area contributed by atoms with Gasteiger partial charge in [-0.25, -0.2) is 4.79 Å². The van der Waals surface area contributed by atoms with E-state index in [0.29, 0.717) is 0 Å². The van der Waals surface area contributed by atoms with Crippen LogP contribution < -0.4 is 5.69 Å². The lowest BCUT2D eigenvalue weighted by Gasteiger charge is -2.05. The second-order valence-electron chi connectivity index (χ2n) is 3.90. The zero-order valence-electron chi connectivity index (χ0n) is 9.08. The van der Waals surface area contributed by atoms with Crippen LogP contribution in [0, 0.1) is 17.2 Å². The van der Waals surface area contributed by atoms with Crippen molar-refractivity contribution in [1.82, 2.24) is 9.97 Å². The van der Waals surface area contributed by atoms with Gasteiger partial charge in [-0.15, -0.1) is 0 Å². The minimum atomic E-state index is -0.195. The van der Waals surface area contributed by atoms with Crippen molar-refractivity contribution < 1.29 is 0 Å². The number of aromatic amines is 2. The maximum Gasteiger partial charge on any atom is 0.323 e. The van der Waals surface area contributed by atoms with Gasteiger partial charge in [0.2, 0.25) is 0 Å². The zero-order chi connectivity index (χ0) is 11.5. The molecule has 0 spiro atoms. The van der Waals surface area contributed by atoms with Gasteiger partial charge in [-0.2, -0.15) is 5.26 Å². The molecule has 1 unspecified atom stereocenters. The van der Waals surface area contributed by atoms with Crippen LogP contribution in [0.1, 0.15) is 18.9 Å². The first kappa shape index (κ1) is 10.5. The summed E-state index contributed by atoms with van der Waals surface area (Å²) in [6.07, 6.45) is 1.58. The van der Waals surface area contributed by atoms with Gasteiger partial charge in [0.25, 0.3) is 0 Å². The Morgan fingerprint density at radius 1 is 1.38 bits per heavy atom. The topological polar surface area (TPSA) is 72.4 Å². The first-order chi connectivity index (χ1) is 7.72. The summed E-state index contributed by atoms with van der Waals surface area (Å²) in [5, 5.41) is 8.89. The Balaban J connectivity index is 2.32. The molecule has 0 fully saturated rings. The lowest BCUT2D eigenvalue weighted by molar-refractivity contribution is 0.638. The number of H-pyrrole nitrogens is 2. The lowest BCUT2D eigenvalue weighted by atomic mass is 9.98. The van der Waals surface area contributed by atoms with Crippen molar-refractivity contribution in [3.8, 4) is 6.07 Å². The van der Waals surface area contributed by atoms with Crippen LogP contribution in [0.2, 0.25) is 0 Å². The fourth-order valence-corrected chi connectivity index (χ4v) is 1.77. The number of aromatic nitrogens is 2. The number of hydrogen-bond donors (Lipinski definition) is 2. The van der Waals surface area contributed by atoms with Crippen molar-refractivity contribution >= 4 is 11.0 Å². The highest BCUT2D eigenvalue weighted by molar-refractivity contribution is 5.75. The monoisotopic (exact) mass is 215 g/mol. The van der Waals surface area contributed by atoms with Crippen molar-refractivity contribution in [3.63, 3.8) is 0 Å². The van der Waals surface area contributed by atoms with Gasteiger partial charge in [0.15, 0.2) is 0 Å². The van der Waals surface area contributed by atoms with Gasteiger partial charge in [0, 0.05) is 0 Å². The number of nitriles is 1. The number of fused-ring (bicyclic) bond motifs is 1. The van der Waals surface area contributed by atoms with E-state index in [4.69, 9.17) is 5.26 Å². The average molecular weight is 215 g/mol. The summed E-state index contributed by atoms with van der Waals surface area (Å²) < 4.78 is 0. The van der Waals surface area contributed by atoms with Crippen LogP contribution >= 0.6 is 0 Å². The van der Waals surface area contributed by atoms with E-state index in [1.807, 2.05) is 25.1 Å². The molecule has 1 heterocycles. The molecule has 1 aromatic carbocycles. The van der Waals surface area contributed by atoms with Gasteiger partial charge < -0.3 is 9.97 Å². The summed E-state index contributed by atoms with van der Waals surface area (Å²) in [6, 6.07) is 8.02. The largest absolute Gasteiger partial charge is 0.323 e. The molecule has 0 bridgehead atoms. The van der Waals surface area contributed by atoms with E-state index in [-0.39, 0.29) is 11.6 Å². The molecule has 4 nitrogen and oxygen atoms in total. The number of rotatable bonds is 3. The van der Waals surface area contributed by atoms with Crippen molar-refractivity contribution in [2.24, 2.45) is 5.92 Å². The molecule has 0 saturated heterocycles. The molecule has 4 heteroatoms. The molecule has 1 atom stereocenters. The SMILES string of the molecule is CCC(C#N)Cc1ccc2[nH]c(=O)[nH]c2c1. The molecule has 2 N–H and O–H groups in total. The Labute approximate surface area is 92.9 Å². The van der Waals surface area contributed by atoms with Crippen LogP contribution in [0.3, 0.4) is 0 Å². The summed E-state index contributed by atoms with van der Waals surface area (Å²) in [7, 11) is 0. The molecule has 0 radical (unpaired) electrons. The number of nitrogens with zero attached hydrogens (tertiary/aromatic N) is 1. The van der Waals surface area contributed by atoms with E-state index in [2.05, 4.69) is 16.0 Å². The predicted molar refractivity (Wildman–Crippen MR) is 62.0 cm³/mol. The Hall–Kier alpha value is -2.02. The Morgan fingerprint density at radius 3 is 2.81 bits per heavy atom. The molecule has 0 aliphatic rings. The van der Waals surface area contributed by atoms with E-state index in [1.165, 1.54) is 0 Å². The summed E-state index contributed by atoms with van der Waals surface area (Å²) in [5.41, 5.74) is 2.49. The second-order valence-corrected chi connectivity index (χ2v) is 3.90. The molecule has 0 saturated carbocycles. The van der Waals surface area contributed by atoms with Crippen LogP contribution in [0.4, 0.5) is 0 Å². The Bertz CT molecular complexity index is 588. The molecule has 1 aromatic heterocycles. The van der Waals surface area contributed by atoms with Crippen molar-refractivity contribution in [1.29, 1.82) is 5.26 Å². The van der Waals surface area contributed by atoms with Crippen molar-refractivity contribution in [2.75, 3.05) is 0 Å². The minimum absolute atomic E-state index is 0.0445. The number of nitrogens with one attached hydrogen (secondary N) is 2. The molecule has 0 aliphatic heterocycles. The normalized spacial score (nSPS) is 12.5. The highest BCUT2D eigenvalue weighted by Crippen LogP contribution is 2.15. The third kappa shape index (κ3) is 1.98. The van der Waals surface area contributed by atoms with Gasteiger partial charge in [-0.3, -0.25) is 0 Å². The lowest BCUT2D eigenvalue weighted by Crippen LogP contribution is -2.00. The first-order valence-electron chi connectivity index (χ1n) is 5.33. The van der Waals surface area contributed by atoms with Gasteiger partial charge in [0.1, 0.15) is 0 Å². The minimum Gasteiger partial charge on any atom is -0.306 e.